The van der Waals surface area contributed by atoms with Crippen LogP contribution >= 0.6 is 0 Å². The lowest BCUT2D eigenvalue weighted by Crippen LogP contribution is -2.22. The lowest BCUT2D eigenvalue weighted by molar-refractivity contribution is 0.264. The van der Waals surface area contributed by atoms with Crippen molar-refractivity contribution < 1.29 is 4.74 Å². The molecule has 2 aromatic rings. The van der Waals surface area contributed by atoms with Gasteiger partial charge in [-0.2, -0.15) is 0 Å². The number of aromatic nitrogens is 2. The maximum Gasteiger partial charge on any atom is 0.201 e. The van der Waals surface area contributed by atoms with E-state index in [0.29, 0.717) is 24.5 Å². The zero-order chi connectivity index (χ0) is 14.1. The van der Waals surface area contributed by atoms with Crippen LogP contribution in [-0.2, 0) is 0 Å². The van der Waals surface area contributed by atoms with Crippen LogP contribution in [0.25, 0.3) is 11.0 Å². The van der Waals surface area contributed by atoms with Crippen LogP contribution in [0.2, 0.25) is 0 Å². The standard InChI is InChI=1S/C16H23N3O/c1-3-20-14-10-6-9-13-15(14)18-16(17)19(13)12-8-5-4-7-11(12)2/h6,9-12H,3-5,7-8H2,1-2H3,(H2,17,18). The highest BCUT2D eigenvalue weighted by Gasteiger charge is 2.26. The van der Waals surface area contributed by atoms with Crippen molar-refractivity contribution in [3.8, 4) is 5.75 Å². The second-order valence-electron chi connectivity index (χ2n) is 5.73. The summed E-state index contributed by atoms with van der Waals surface area (Å²) in [5.74, 6) is 2.10. The molecule has 1 aromatic carbocycles. The monoisotopic (exact) mass is 273 g/mol. The third kappa shape index (κ3) is 2.13. The molecule has 1 aromatic heterocycles. The zero-order valence-electron chi connectivity index (χ0n) is 12.3. The van der Waals surface area contributed by atoms with E-state index in [0.717, 1.165) is 16.8 Å². The second kappa shape index (κ2) is 5.35. The van der Waals surface area contributed by atoms with Crippen LogP contribution in [-0.4, -0.2) is 16.2 Å². The highest BCUT2D eigenvalue weighted by Crippen LogP contribution is 2.38. The normalized spacial score (nSPS) is 23.1. The van der Waals surface area contributed by atoms with Gasteiger partial charge in [-0.3, -0.25) is 0 Å². The predicted octanol–water partition coefficient (Wildman–Crippen LogP) is 3.77. The number of anilines is 1. The molecule has 2 N–H and O–H groups in total. The molecular formula is C16H23N3O. The number of imidazole rings is 1. The van der Waals surface area contributed by atoms with Crippen LogP contribution in [0, 0.1) is 5.92 Å². The Balaban J connectivity index is 2.11. The third-order valence-electron chi connectivity index (χ3n) is 4.41. The SMILES string of the molecule is CCOc1cccc2c1nc(N)n2C1CCCCC1C. The van der Waals surface area contributed by atoms with Crippen molar-refractivity contribution in [2.24, 2.45) is 5.92 Å². The molecule has 2 unspecified atom stereocenters. The molecule has 0 amide bonds. The number of nitrogen functional groups attached to an aromatic ring is 1. The number of ether oxygens (including phenoxy) is 1. The highest BCUT2D eigenvalue weighted by atomic mass is 16.5. The van der Waals surface area contributed by atoms with Gasteiger partial charge in [-0.05, 0) is 37.8 Å². The third-order valence-corrected chi connectivity index (χ3v) is 4.41. The van der Waals surface area contributed by atoms with Crippen molar-refractivity contribution in [1.29, 1.82) is 0 Å². The minimum atomic E-state index is 0.464. The van der Waals surface area contributed by atoms with Crippen molar-refractivity contribution in [2.45, 2.75) is 45.6 Å². The fraction of sp³-hybridized carbons (Fsp3) is 0.562. The minimum Gasteiger partial charge on any atom is -0.492 e. The summed E-state index contributed by atoms with van der Waals surface area (Å²) in [6, 6.07) is 6.55. The van der Waals surface area contributed by atoms with Crippen molar-refractivity contribution >= 4 is 17.0 Å². The highest BCUT2D eigenvalue weighted by molar-refractivity contribution is 5.84. The van der Waals surface area contributed by atoms with Crippen molar-refractivity contribution in [2.75, 3.05) is 12.3 Å². The Labute approximate surface area is 119 Å². The van der Waals surface area contributed by atoms with Crippen LogP contribution in [0.3, 0.4) is 0 Å². The van der Waals surface area contributed by atoms with Gasteiger partial charge in [0.25, 0.3) is 0 Å². The summed E-state index contributed by atoms with van der Waals surface area (Å²) < 4.78 is 7.89. The van der Waals surface area contributed by atoms with Crippen LogP contribution < -0.4 is 10.5 Å². The van der Waals surface area contributed by atoms with Gasteiger partial charge >= 0.3 is 0 Å². The quantitative estimate of drug-likeness (QED) is 0.926. The average Bonchev–Trinajstić information content (AvgIpc) is 2.77. The summed E-state index contributed by atoms with van der Waals surface area (Å²) in [6.45, 7) is 4.95. The molecule has 1 aliphatic rings. The molecule has 1 heterocycles. The first-order chi connectivity index (χ1) is 9.72. The van der Waals surface area contributed by atoms with Crippen LogP contribution in [0.4, 0.5) is 5.95 Å². The van der Waals surface area contributed by atoms with Crippen LogP contribution in [0.1, 0.15) is 45.6 Å². The molecule has 3 rings (SSSR count). The molecule has 0 radical (unpaired) electrons. The fourth-order valence-electron chi connectivity index (χ4n) is 3.41. The Morgan fingerprint density at radius 3 is 2.90 bits per heavy atom. The molecule has 0 bridgehead atoms. The van der Waals surface area contributed by atoms with E-state index in [-0.39, 0.29) is 0 Å². The zero-order valence-corrected chi connectivity index (χ0v) is 12.3. The van der Waals surface area contributed by atoms with Gasteiger partial charge in [0.15, 0.2) is 0 Å². The van der Waals surface area contributed by atoms with E-state index in [9.17, 15) is 0 Å². The van der Waals surface area contributed by atoms with Crippen LogP contribution in [0.15, 0.2) is 18.2 Å². The molecule has 2 atom stereocenters. The molecule has 0 aliphatic heterocycles. The molecule has 1 aliphatic carbocycles. The lowest BCUT2D eigenvalue weighted by Gasteiger charge is -2.31. The van der Waals surface area contributed by atoms with Crippen molar-refractivity contribution in [3.63, 3.8) is 0 Å². The maximum absolute atomic E-state index is 6.21. The lowest BCUT2D eigenvalue weighted by atomic mass is 9.85. The van der Waals surface area contributed by atoms with Gasteiger partial charge in [-0.1, -0.05) is 25.8 Å². The second-order valence-corrected chi connectivity index (χ2v) is 5.73. The molecular weight excluding hydrogens is 250 g/mol. The number of fused-ring (bicyclic) bond motifs is 1. The van der Waals surface area contributed by atoms with Gasteiger partial charge < -0.3 is 15.0 Å². The van der Waals surface area contributed by atoms with Crippen LogP contribution in [0.5, 0.6) is 5.75 Å². The molecule has 20 heavy (non-hydrogen) atoms. The molecule has 4 heteroatoms. The Hall–Kier alpha value is -1.71. The number of hydrogen-bond donors (Lipinski definition) is 1. The summed E-state index contributed by atoms with van der Waals surface area (Å²) in [4.78, 5) is 4.56. The Morgan fingerprint density at radius 1 is 1.35 bits per heavy atom. The number of hydrogen-bond acceptors (Lipinski definition) is 3. The van der Waals surface area contributed by atoms with E-state index >= 15 is 0 Å². The molecule has 0 saturated heterocycles. The number of benzene rings is 1. The first-order valence-corrected chi connectivity index (χ1v) is 7.61. The van der Waals surface area contributed by atoms with E-state index in [2.05, 4.69) is 22.5 Å². The van der Waals surface area contributed by atoms with Crippen molar-refractivity contribution in [1.82, 2.24) is 9.55 Å². The maximum atomic E-state index is 6.21. The summed E-state index contributed by atoms with van der Waals surface area (Å²) >= 11 is 0. The van der Waals surface area contributed by atoms with E-state index in [1.807, 2.05) is 19.1 Å². The molecule has 0 spiro atoms. The Morgan fingerprint density at radius 2 is 2.15 bits per heavy atom. The number of nitrogens with two attached hydrogens (primary N) is 1. The number of rotatable bonds is 3. The van der Waals surface area contributed by atoms with Gasteiger partial charge in [-0.25, -0.2) is 4.98 Å². The Kier molecular flexibility index (Phi) is 3.55. The topological polar surface area (TPSA) is 53.1 Å². The van der Waals surface area contributed by atoms with E-state index < -0.39 is 0 Å². The largest absolute Gasteiger partial charge is 0.492 e. The van der Waals surface area contributed by atoms with E-state index in [1.165, 1.54) is 25.7 Å². The van der Waals surface area contributed by atoms with Gasteiger partial charge in [-0.15, -0.1) is 0 Å². The van der Waals surface area contributed by atoms with Gasteiger partial charge in [0.05, 0.1) is 12.1 Å². The number of para-hydroxylation sites is 1. The predicted molar refractivity (Wildman–Crippen MR) is 82.0 cm³/mol. The average molecular weight is 273 g/mol. The van der Waals surface area contributed by atoms with Gasteiger partial charge in [0, 0.05) is 6.04 Å². The molecule has 1 fully saturated rings. The van der Waals surface area contributed by atoms with Crippen molar-refractivity contribution in [3.05, 3.63) is 18.2 Å². The van der Waals surface area contributed by atoms with E-state index in [4.69, 9.17) is 10.5 Å². The van der Waals surface area contributed by atoms with Gasteiger partial charge in [0.1, 0.15) is 11.3 Å². The first-order valence-electron chi connectivity index (χ1n) is 7.61. The van der Waals surface area contributed by atoms with E-state index in [1.54, 1.807) is 0 Å². The summed E-state index contributed by atoms with van der Waals surface area (Å²) in [5, 5.41) is 0. The molecule has 108 valence electrons. The first kappa shape index (κ1) is 13.3. The fourth-order valence-corrected chi connectivity index (χ4v) is 3.41. The summed E-state index contributed by atoms with van der Waals surface area (Å²) in [5.41, 5.74) is 8.20. The number of nitrogens with zero attached hydrogens (tertiary/aromatic N) is 2. The van der Waals surface area contributed by atoms with Gasteiger partial charge in [0.2, 0.25) is 5.95 Å². The smallest absolute Gasteiger partial charge is 0.201 e. The molecule has 4 nitrogen and oxygen atoms in total. The minimum absolute atomic E-state index is 0.464. The Bertz CT molecular complexity index is 605. The molecule has 1 saturated carbocycles. The summed E-state index contributed by atoms with van der Waals surface area (Å²) in [6.07, 6.45) is 5.07. The summed E-state index contributed by atoms with van der Waals surface area (Å²) in [7, 11) is 0.